The number of rotatable bonds is 5. The third kappa shape index (κ3) is 4.97. The molecule has 2 rings (SSSR count). The summed E-state index contributed by atoms with van der Waals surface area (Å²) in [5.74, 6) is 6.00. The van der Waals surface area contributed by atoms with Gasteiger partial charge in [-0.15, -0.1) is 0 Å². The normalized spacial score (nSPS) is 15.3. The molecular formula is C17H25N3. The minimum atomic E-state index is 0.417. The highest BCUT2D eigenvalue weighted by Crippen LogP contribution is 2.09. The Bertz CT molecular complexity index is 467. The zero-order valence-electron chi connectivity index (χ0n) is 12.4. The minimum absolute atomic E-state index is 0.417. The van der Waals surface area contributed by atoms with E-state index in [4.69, 9.17) is 5.73 Å². The summed E-state index contributed by atoms with van der Waals surface area (Å²) in [6.07, 6.45) is 2.73. The number of nitrogens with zero attached hydrogens (tertiary/aromatic N) is 2. The molecular weight excluding hydrogens is 246 g/mol. The average Bonchev–Trinajstić information content (AvgIpc) is 2.97. The summed E-state index contributed by atoms with van der Waals surface area (Å²) in [5.41, 5.74) is 7.78. The van der Waals surface area contributed by atoms with Gasteiger partial charge in [0.25, 0.3) is 0 Å². The fourth-order valence-corrected chi connectivity index (χ4v) is 2.61. The Labute approximate surface area is 122 Å². The van der Waals surface area contributed by atoms with E-state index in [0.717, 1.165) is 18.7 Å². The SMILES string of the molecule is CN(CCN1CCCC1)Cc1cccc(C#CCN)c1. The highest BCUT2D eigenvalue weighted by molar-refractivity contribution is 5.37. The van der Waals surface area contributed by atoms with E-state index >= 15 is 0 Å². The van der Waals surface area contributed by atoms with Crippen LogP contribution in [0.4, 0.5) is 0 Å². The fraction of sp³-hybridized carbons (Fsp3) is 0.529. The second-order valence-electron chi connectivity index (χ2n) is 5.49. The highest BCUT2D eigenvalue weighted by atomic mass is 15.2. The van der Waals surface area contributed by atoms with Crippen LogP contribution < -0.4 is 5.73 Å². The molecule has 3 heteroatoms. The van der Waals surface area contributed by atoms with Crippen molar-refractivity contribution in [2.75, 3.05) is 39.8 Å². The van der Waals surface area contributed by atoms with Crippen molar-refractivity contribution in [2.45, 2.75) is 19.4 Å². The molecule has 0 aromatic heterocycles. The van der Waals surface area contributed by atoms with Crippen molar-refractivity contribution in [3.05, 3.63) is 35.4 Å². The Hall–Kier alpha value is -1.34. The molecule has 1 aliphatic rings. The molecule has 1 aromatic rings. The quantitative estimate of drug-likeness (QED) is 0.824. The number of hydrogen-bond acceptors (Lipinski definition) is 3. The monoisotopic (exact) mass is 271 g/mol. The molecule has 0 bridgehead atoms. The lowest BCUT2D eigenvalue weighted by Crippen LogP contribution is -2.31. The van der Waals surface area contributed by atoms with E-state index in [1.165, 1.54) is 38.0 Å². The van der Waals surface area contributed by atoms with Gasteiger partial charge in [-0.3, -0.25) is 0 Å². The predicted molar refractivity (Wildman–Crippen MR) is 84.4 cm³/mol. The summed E-state index contributed by atoms with van der Waals surface area (Å²) in [5, 5.41) is 0. The fourth-order valence-electron chi connectivity index (χ4n) is 2.61. The van der Waals surface area contributed by atoms with Gasteiger partial charge in [-0.25, -0.2) is 0 Å². The molecule has 1 heterocycles. The minimum Gasteiger partial charge on any atom is -0.320 e. The van der Waals surface area contributed by atoms with E-state index in [0.29, 0.717) is 6.54 Å². The van der Waals surface area contributed by atoms with Gasteiger partial charge >= 0.3 is 0 Å². The van der Waals surface area contributed by atoms with Gasteiger partial charge < -0.3 is 15.5 Å². The molecule has 1 fully saturated rings. The molecule has 2 N–H and O–H groups in total. The molecule has 108 valence electrons. The lowest BCUT2D eigenvalue weighted by atomic mass is 10.1. The van der Waals surface area contributed by atoms with E-state index in [2.05, 4.69) is 46.9 Å². The highest BCUT2D eigenvalue weighted by Gasteiger charge is 2.11. The lowest BCUT2D eigenvalue weighted by molar-refractivity contribution is 0.252. The van der Waals surface area contributed by atoms with E-state index in [1.54, 1.807) is 0 Å². The summed E-state index contributed by atoms with van der Waals surface area (Å²) in [6.45, 7) is 6.25. The zero-order valence-corrected chi connectivity index (χ0v) is 12.4. The summed E-state index contributed by atoms with van der Waals surface area (Å²) in [7, 11) is 2.19. The first-order chi connectivity index (χ1) is 9.78. The summed E-state index contributed by atoms with van der Waals surface area (Å²) >= 11 is 0. The second-order valence-corrected chi connectivity index (χ2v) is 5.49. The molecule has 0 radical (unpaired) electrons. The van der Waals surface area contributed by atoms with Crippen LogP contribution in [0.5, 0.6) is 0 Å². The molecule has 3 nitrogen and oxygen atoms in total. The molecule has 1 saturated heterocycles. The molecule has 0 unspecified atom stereocenters. The first-order valence-corrected chi connectivity index (χ1v) is 7.47. The predicted octanol–water partition coefficient (Wildman–Crippen LogP) is 1.52. The third-order valence-electron chi connectivity index (χ3n) is 3.71. The van der Waals surface area contributed by atoms with Crippen molar-refractivity contribution in [2.24, 2.45) is 5.73 Å². The summed E-state index contributed by atoms with van der Waals surface area (Å²) < 4.78 is 0. The van der Waals surface area contributed by atoms with Gasteiger partial charge in [0.2, 0.25) is 0 Å². The standard InChI is InChI=1S/C17H25N3/c1-19(12-13-20-10-2-3-11-20)15-17-7-4-6-16(14-17)8-5-9-18/h4,6-7,14H,2-3,9-13,15,18H2,1H3. The molecule has 0 aliphatic carbocycles. The number of hydrogen-bond donors (Lipinski definition) is 1. The lowest BCUT2D eigenvalue weighted by Gasteiger charge is -2.21. The number of likely N-dealkylation sites (N-methyl/N-ethyl adjacent to an activating group) is 1. The second kappa shape index (κ2) is 8.06. The molecule has 20 heavy (non-hydrogen) atoms. The molecule has 0 saturated carbocycles. The first kappa shape index (κ1) is 15.1. The molecule has 1 aliphatic heterocycles. The van der Waals surface area contributed by atoms with Crippen molar-refractivity contribution in [3.8, 4) is 11.8 Å². The maximum absolute atomic E-state index is 5.41. The van der Waals surface area contributed by atoms with Gasteiger partial charge in [0.1, 0.15) is 0 Å². The van der Waals surface area contributed by atoms with Crippen LogP contribution in [0.15, 0.2) is 24.3 Å². The topological polar surface area (TPSA) is 32.5 Å². The Morgan fingerprint density at radius 3 is 2.85 bits per heavy atom. The van der Waals surface area contributed by atoms with Gasteiger partial charge in [0, 0.05) is 25.2 Å². The van der Waals surface area contributed by atoms with Crippen molar-refractivity contribution < 1.29 is 0 Å². The van der Waals surface area contributed by atoms with E-state index < -0.39 is 0 Å². The first-order valence-electron chi connectivity index (χ1n) is 7.47. The van der Waals surface area contributed by atoms with Crippen molar-refractivity contribution >= 4 is 0 Å². The summed E-state index contributed by atoms with van der Waals surface area (Å²) in [4.78, 5) is 4.94. The number of benzene rings is 1. The number of nitrogens with two attached hydrogens (primary N) is 1. The van der Waals surface area contributed by atoms with Gasteiger partial charge in [-0.1, -0.05) is 24.0 Å². The largest absolute Gasteiger partial charge is 0.320 e. The molecule has 1 aromatic carbocycles. The average molecular weight is 271 g/mol. The van der Waals surface area contributed by atoms with Gasteiger partial charge in [-0.05, 0) is 50.7 Å². The van der Waals surface area contributed by atoms with E-state index in [1.807, 2.05) is 6.07 Å². The Balaban J connectivity index is 1.82. The van der Waals surface area contributed by atoms with Crippen LogP contribution in [0.3, 0.4) is 0 Å². The maximum atomic E-state index is 5.41. The molecule has 0 atom stereocenters. The van der Waals surface area contributed by atoms with Gasteiger partial charge in [0.05, 0.1) is 6.54 Å². The van der Waals surface area contributed by atoms with Crippen LogP contribution in [0.25, 0.3) is 0 Å². The van der Waals surface area contributed by atoms with Crippen LogP contribution in [-0.2, 0) is 6.54 Å². The Kier molecular flexibility index (Phi) is 6.07. The molecule has 0 amide bonds. The van der Waals surface area contributed by atoms with E-state index in [-0.39, 0.29) is 0 Å². The Morgan fingerprint density at radius 2 is 2.10 bits per heavy atom. The van der Waals surface area contributed by atoms with Crippen LogP contribution in [0, 0.1) is 11.8 Å². The van der Waals surface area contributed by atoms with Crippen molar-refractivity contribution in [1.82, 2.24) is 9.80 Å². The van der Waals surface area contributed by atoms with Gasteiger partial charge in [0.15, 0.2) is 0 Å². The maximum Gasteiger partial charge on any atom is 0.0555 e. The van der Waals surface area contributed by atoms with Crippen molar-refractivity contribution in [3.63, 3.8) is 0 Å². The van der Waals surface area contributed by atoms with E-state index in [9.17, 15) is 0 Å². The Morgan fingerprint density at radius 1 is 1.30 bits per heavy atom. The third-order valence-corrected chi connectivity index (χ3v) is 3.71. The van der Waals surface area contributed by atoms with Gasteiger partial charge in [-0.2, -0.15) is 0 Å². The molecule has 0 spiro atoms. The summed E-state index contributed by atoms with van der Waals surface area (Å²) in [6, 6.07) is 8.44. The smallest absolute Gasteiger partial charge is 0.0555 e. The van der Waals surface area contributed by atoms with Crippen LogP contribution in [-0.4, -0.2) is 49.6 Å². The van der Waals surface area contributed by atoms with Crippen molar-refractivity contribution in [1.29, 1.82) is 0 Å². The van der Waals surface area contributed by atoms with Crippen LogP contribution in [0.2, 0.25) is 0 Å². The number of likely N-dealkylation sites (tertiary alicyclic amines) is 1. The zero-order chi connectivity index (χ0) is 14.2. The van der Waals surface area contributed by atoms with Crippen LogP contribution in [0.1, 0.15) is 24.0 Å². The van der Waals surface area contributed by atoms with Crippen LogP contribution >= 0.6 is 0 Å².